The summed E-state index contributed by atoms with van der Waals surface area (Å²) in [4.78, 5) is 25.3. The molecular formula is C13H15NO3S. The predicted octanol–water partition coefficient (Wildman–Crippen LogP) is 2.08. The molecule has 2 amide bonds. The third kappa shape index (κ3) is 2.36. The fourth-order valence-electron chi connectivity index (χ4n) is 1.94. The van der Waals surface area contributed by atoms with Crippen LogP contribution in [0.25, 0.3) is 0 Å². The number of hydrogen-bond donors (Lipinski definition) is 0. The lowest BCUT2D eigenvalue weighted by Crippen LogP contribution is -2.31. The molecule has 0 N–H and O–H groups in total. The Bertz CT molecular complexity index is 458. The number of ether oxygens (including phenoxy) is 1. The SMILES string of the molecule is CCS[C@@H]1CC(=O)N(c2ccc(OC)cc2)C1=O. The van der Waals surface area contributed by atoms with Gasteiger partial charge in [0.1, 0.15) is 5.75 Å². The molecule has 1 aliphatic heterocycles. The number of carbonyl (C=O) groups is 2. The number of nitrogens with zero attached hydrogens (tertiary/aromatic N) is 1. The zero-order valence-electron chi connectivity index (χ0n) is 10.4. The molecule has 0 unspecified atom stereocenters. The van der Waals surface area contributed by atoms with E-state index in [0.717, 1.165) is 5.75 Å². The molecule has 0 aromatic heterocycles. The van der Waals surface area contributed by atoms with Crippen LogP contribution >= 0.6 is 11.8 Å². The van der Waals surface area contributed by atoms with Crippen molar-refractivity contribution in [3.63, 3.8) is 0 Å². The van der Waals surface area contributed by atoms with Crippen LogP contribution in [0.5, 0.6) is 5.75 Å². The molecule has 1 fully saturated rings. The second kappa shape index (κ2) is 5.44. The molecule has 1 aliphatic rings. The Kier molecular flexibility index (Phi) is 3.91. The lowest BCUT2D eigenvalue weighted by atomic mass is 10.3. The van der Waals surface area contributed by atoms with Crippen LogP contribution in [0.1, 0.15) is 13.3 Å². The molecule has 1 heterocycles. The topological polar surface area (TPSA) is 46.6 Å². The van der Waals surface area contributed by atoms with Crippen molar-refractivity contribution in [1.29, 1.82) is 0 Å². The number of methoxy groups -OCH3 is 1. The number of benzene rings is 1. The van der Waals surface area contributed by atoms with Crippen LogP contribution in [0.2, 0.25) is 0 Å². The molecule has 4 nitrogen and oxygen atoms in total. The van der Waals surface area contributed by atoms with Crippen LogP contribution in [0.3, 0.4) is 0 Å². The Morgan fingerprint density at radius 1 is 1.33 bits per heavy atom. The summed E-state index contributed by atoms with van der Waals surface area (Å²) in [6.45, 7) is 1.98. The van der Waals surface area contributed by atoms with Gasteiger partial charge in [-0.1, -0.05) is 6.92 Å². The van der Waals surface area contributed by atoms with Gasteiger partial charge in [-0.2, -0.15) is 0 Å². The highest BCUT2D eigenvalue weighted by atomic mass is 32.2. The van der Waals surface area contributed by atoms with Gasteiger partial charge in [0.2, 0.25) is 11.8 Å². The molecule has 96 valence electrons. The number of hydrogen-bond acceptors (Lipinski definition) is 4. The van der Waals surface area contributed by atoms with E-state index in [1.54, 1.807) is 31.4 Å². The van der Waals surface area contributed by atoms with Gasteiger partial charge in [0.15, 0.2) is 0 Å². The molecule has 1 aromatic rings. The molecule has 0 bridgehead atoms. The van der Waals surface area contributed by atoms with E-state index >= 15 is 0 Å². The van der Waals surface area contributed by atoms with Crippen molar-refractivity contribution in [2.24, 2.45) is 0 Å². The maximum Gasteiger partial charge on any atom is 0.247 e. The lowest BCUT2D eigenvalue weighted by molar-refractivity contribution is -0.121. The van der Waals surface area contributed by atoms with Crippen molar-refractivity contribution in [2.75, 3.05) is 17.8 Å². The second-order valence-electron chi connectivity index (χ2n) is 3.91. The maximum atomic E-state index is 12.1. The van der Waals surface area contributed by atoms with Crippen LogP contribution in [0, 0.1) is 0 Å². The van der Waals surface area contributed by atoms with Gasteiger partial charge in [0.25, 0.3) is 0 Å². The molecule has 0 saturated carbocycles. The summed E-state index contributed by atoms with van der Waals surface area (Å²) in [6.07, 6.45) is 0.295. The summed E-state index contributed by atoms with van der Waals surface area (Å²) in [6, 6.07) is 6.95. The summed E-state index contributed by atoms with van der Waals surface area (Å²) >= 11 is 1.52. The van der Waals surface area contributed by atoms with Crippen molar-refractivity contribution in [1.82, 2.24) is 0 Å². The average Bonchev–Trinajstić information content (AvgIpc) is 2.65. The van der Waals surface area contributed by atoms with Crippen LogP contribution in [-0.4, -0.2) is 29.9 Å². The van der Waals surface area contributed by atoms with Crippen LogP contribution in [-0.2, 0) is 9.59 Å². The van der Waals surface area contributed by atoms with E-state index in [0.29, 0.717) is 17.9 Å². The number of amides is 2. The molecule has 18 heavy (non-hydrogen) atoms. The molecule has 0 spiro atoms. The highest BCUT2D eigenvalue weighted by Gasteiger charge is 2.39. The Balaban J connectivity index is 2.21. The van der Waals surface area contributed by atoms with E-state index in [1.165, 1.54) is 16.7 Å². The highest BCUT2D eigenvalue weighted by Crippen LogP contribution is 2.30. The first-order valence-corrected chi connectivity index (χ1v) is 6.84. The zero-order chi connectivity index (χ0) is 13.1. The summed E-state index contributed by atoms with van der Waals surface area (Å²) < 4.78 is 5.05. The zero-order valence-corrected chi connectivity index (χ0v) is 11.2. The first kappa shape index (κ1) is 13.0. The lowest BCUT2D eigenvalue weighted by Gasteiger charge is -2.15. The quantitative estimate of drug-likeness (QED) is 0.782. The van der Waals surface area contributed by atoms with E-state index in [9.17, 15) is 9.59 Å². The molecule has 1 aromatic carbocycles. The molecule has 0 radical (unpaired) electrons. The van der Waals surface area contributed by atoms with Gasteiger partial charge in [-0.25, -0.2) is 4.90 Å². The van der Waals surface area contributed by atoms with E-state index in [2.05, 4.69) is 0 Å². The normalized spacial score (nSPS) is 19.4. The molecule has 1 saturated heterocycles. The number of rotatable bonds is 4. The fraction of sp³-hybridized carbons (Fsp3) is 0.385. The Labute approximate surface area is 110 Å². The Hall–Kier alpha value is -1.49. The smallest absolute Gasteiger partial charge is 0.247 e. The minimum absolute atomic E-state index is 0.114. The van der Waals surface area contributed by atoms with Gasteiger partial charge in [-0.3, -0.25) is 9.59 Å². The molecule has 1 atom stereocenters. The van der Waals surface area contributed by atoms with Crippen molar-refractivity contribution in [2.45, 2.75) is 18.6 Å². The minimum atomic E-state index is -0.232. The first-order valence-electron chi connectivity index (χ1n) is 5.79. The third-order valence-corrected chi connectivity index (χ3v) is 3.91. The van der Waals surface area contributed by atoms with E-state index in [1.807, 2.05) is 6.92 Å². The number of carbonyl (C=O) groups excluding carboxylic acids is 2. The third-order valence-electron chi connectivity index (χ3n) is 2.80. The maximum absolute atomic E-state index is 12.1. The van der Waals surface area contributed by atoms with E-state index < -0.39 is 0 Å². The summed E-state index contributed by atoms with van der Waals surface area (Å²) in [5, 5.41) is -0.232. The van der Waals surface area contributed by atoms with Crippen LogP contribution in [0.4, 0.5) is 5.69 Å². The summed E-state index contributed by atoms with van der Waals surface area (Å²) in [5.41, 5.74) is 0.616. The monoisotopic (exact) mass is 265 g/mol. The Morgan fingerprint density at radius 3 is 2.56 bits per heavy atom. The van der Waals surface area contributed by atoms with Gasteiger partial charge in [0, 0.05) is 6.42 Å². The fourth-order valence-corrected chi connectivity index (χ4v) is 2.85. The van der Waals surface area contributed by atoms with Gasteiger partial charge in [-0.15, -0.1) is 11.8 Å². The Morgan fingerprint density at radius 2 is 2.00 bits per heavy atom. The number of thioether (sulfide) groups is 1. The van der Waals surface area contributed by atoms with Crippen molar-refractivity contribution < 1.29 is 14.3 Å². The first-order chi connectivity index (χ1) is 8.67. The average molecular weight is 265 g/mol. The highest BCUT2D eigenvalue weighted by molar-refractivity contribution is 8.00. The molecule has 2 rings (SSSR count). The molecular weight excluding hydrogens is 250 g/mol. The minimum Gasteiger partial charge on any atom is -0.497 e. The number of imide groups is 1. The van der Waals surface area contributed by atoms with Crippen molar-refractivity contribution >= 4 is 29.3 Å². The van der Waals surface area contributed by atoms with Crippen molar-refractivity contribution in [3.8, 4) is 5.75 Å². The number of anilines is 1. The standard InChI is InChI=1S/C13H15NO3S/c1-3-18-11-8-12(15)14(13(11)16)9-4-6-10(17-2)7-5-9/h4-7,11H,3,8H2,1-2H3/t11-/m1/s1. The molecule has 5 heteroatoms. The van der Waals surface area contributed by atoms with Gasteiger partial charge in [-0.05, 0) is 30.0 Å². The van der Waals surface area contributed by atoms with E-state index in [-0.39, 0.29) is 17.1 Å². The van der Waals surface area contributed by atoms with Gasteiger partial charge >= 0.3 is 0 Å². The predicted molar refractivity (Wildman–Crippen MR) is 72.0 cm³/mol. The van der Waals surface area contributed by atoms with Crippen LogP contribution in [0.15, 0.2) is 24.3 Å². The van der Waals surface area contributed by atoms with E-state index in [4.69, 9.17) is 4.74 Å². The second-order valence-corrected chi connectivity index (χ2v) is 5.39. The van der Waals surface area contributed by atoms with Gasteiger partial charge in [0.05, 0.1) is 18.0 Å². The van der Waals surface area contributed by atoms with Crippen LogP contribution < -0.4 is 9.64 Å². The summed E-state index contributed by atoms with van der Waals surface area (Å²) in [5.74, 6) is 1.30. The largest absolute Gasteiger partial charge is 0.497 e. The summed E-state index contributed by atoms with van der Waals surface area (Å²) in [7, 11) is 1.58. The van der Waals surface area contributed by atoms with Gasteiger partial charge < -0.3 is 4.74 Å². The molecule has 0 aliphatic carbocycles. The van der Waals surface area contributed by atoms with Crippen molar-refractivity contribution in [3.05, 3.63) is 24.3 Å².